The lowest BCUT2D eigenvalue weighted by Crippen LogP contribution is -2.38. The highest BCUT2D eigenvalue weighted by Gasteiger charge is 2.33. The molecule has 0 N–H and O–H groups in total. The Balaban J connectivity index is 2.25. The van der Waals surface area contributed by atoms with Crippen LogP contribution in [0.4, 0.5) is 13.2 Å². The zero-order chi connectivity index (χ0) is 21.7. The van der Waals surface area contributed by atoms with E-state index >= 15 is 0 Å². The number of halogens is 3. The van der Waals surface area contributed by atoms with Crippen molar-refractivity contribution in [3.8, 4) is 0 Å². The summed E-state index contributed by atoms with van der Waals surface area (Å²) in [5, 5.41) is 7.16. The molecule has 0 radical (unpaired) electrons. The van der Waals surface area contributed by atoms with Crippen LogP contribution in [0, 0.1) is 0 Å². The van der Waals surface area contributed by atoms with Crippen molar-refractivity contribution in [3.05, 3.63) is 44.5 Å². The first-order chi connectivity index (χ1) is 13.3. The molecule has 0 aromatic carbocycles. The van der Waals surface area contributed by atoms with Gasteiger partial charge in [0.2, 0.25) is 0 Å². The second kappa shape index (κ2) is 6.94. The summed E-state index contributed by atoms with van der Waals surface area (Å²) in [7, 11) is 2.81. The zero-order valence-electron chi connectivity index (χ0n) is 16.2. The number of hydrogen-bond acceptors (Lipinski definition) is 7. The fourth-order valence-corrected chi connectivity index (χ4v) is 3.29. The molecule has 0 aliphatic rings. The Morgan fingerprint density at radius 3 is 2.14 bits per heavy atom. The van der Waals surface area contributed by atoms with Crippen molar-refractivity contribution in [1.29, 1.82) is 0 Å². The number of rotatable bonds is 2. The standard InChI is InChI=1S/C17H17F3N6O2S/c1-16(2,3)14-21-11-10(13(27)26(5)15(28)25(11)4)12(22-14)29-9-7-6-8(23-24-9)17(18,19)20/h6-7H,1-5H3. The number of nitrogens with zero attached hydrogens (tertiary/aromatic N) is 6. The van der Waals surface area contributed by atoms with Crippen molar-refractivity contribution in [2.24, 2.45) is 14.1 Å². The Morgan fingerprint density at radius 1 is 0.966 bits per heavy atom. The van der Waals surface area contributed by atoms with E-state index in [1.807, 2.05) is 20.8 Å². The van der Waals surface area contributed by atoms with Crippen LogP contribution in [0.3, 0.4) is 0 Å². The molecule has 3 heterocycles. The molecule has 12 heteroatoms. The number of fused-ring (bicyclic) bond motifs is 1. The smallest absolute Gasteiger partial charge is 0.280 e. The molecule has 0 aliphatic carbocycles. The molecule has 0 aliphatic heterocycles. The van der Waals surface area contributed by atoms with Crippen LogP contribution in [0.1, 0.15) is 32.3 Å². The molecular weight excluding hydrogens is 409 g/mol. The first kappa shape index (κ1) is 21.0. The van der Waals surface area contributed by atoms with E-state index in [4.69, 9.17) is 0 Å². The molecule has 0 amide bonds. The van der Waals surface area contributed by atoms with Gasteiger partial charge >= 0.3 is 11.9 Å². The molecule has 154 valence electrons. The van der Waals surface area contributed by atoms with Crippen molar-refractivity contribution < 1.29 is 13.2 Å². The molecule has 29 heavy (non-hydrogen) atoms. The number of hydrogen-bond donors (Lipinski definition) is 0. The fourth-order valence-electron chi connectivity index (χ4n) is 2.46. The Kier molecular flexibility index (Phi) is 5.01. The van der Waals surface area contributed by atoms with Crippen molar-refractivity contribution in [2.75, 3.05) is 0 Å². The van der Waals surface area contributed by atoms with Crippen molar-refractivity contribution in [3.63, 3.8) is 0 Å². The van der Waals surface area contributed by atoms with Crippen LogP contribution in [0.25, 0.3) is 11.0 Å². The molecule has 3 aromatic heterocycles. The summed E-state index contributed by atoms with van der Waals surface area (Å²) in [5.41, 5.74) is -2.65. The summed E-state index contributed by atoms with van der Waals surface area (Å²) in [5.74, 6) is 0.371. The minimum atomic E-state index is -4.61. The second-order valence-electron chi connectivity index (χ2n) is 7.36. The normalized spacial score (nSPS) is 12.6. The molecule has 0 fully saturated rings. The Bertz CT molecular complexity index is 1210. The Labute approximate surface area is 166 Å². The third-order valence-electron chi connectivity index (χ3n) is 4.07. The zero-order valence-corrected chi connectivity index (χ0v) is 17.0. The quantitative estimate of drug-likeness (QED) is 0.580. The van der Waals surface area contributed by atoms with Crippen LogP contribution >= 0.6 is 11.8 Å². The topological polar surface area (TPSA) is 95.6 Å². The molecule has 0 spiro atoms. The summed E-state index contributed by atoms with van der Waals surface area (Å²) in [4.78, 5) is 33.9. The van der Waals surface area contributed by atoms with E-state index in [2.05, 4.69) is 20.2 Å². The fraction of sp³-hybridized carbons (Fsp3) is 0.412. The lowest BCUT2D eigenvalue weighted by atomic mass is 9.96. The highest BCUT2D eigenvalue weighted by Crippen LogP contribution is 2.32. The lowest BCUT2D eigenvalue weighted by Gasteiger charge is -2.19. The highest BCUT2D eigenvalue weighted by molar-refractivity contribution is 7.99. The van der Waals surface area contributed by atoms with E-state index in [9.17, 15) is 22.8 Å². The van der Waals surface area contributed by atoms with Crippen molar-refractivity contribution >= 4 is 22.8 Å². The van der Waals surface area contributed by atoms with Crippen LogP contribution in [-0.4, -0.2) is 29.3 Å². The van der Waals surface area contributed by atoms with Gasteiger partial charge in [0.25, 0.3) is 5.56 Å². The predicted octanol–water partition coefficient (Wildman–Crippen LogP) is 2.28. The predicted molar refractivity (Wildman–Crippen MR) is 99.9 cm³/mol. The maximum Gasteiger partial charge on any atom is 0.435 e. The maximum atomic E-state index is 12.7. The van der Waals surface area contributed by atoms with Gasteiger partial charge < -0.3 is 0 Å². The highest BCUT2D eigenvalue weighted by atomic mass is 32.2. The van der Waals surface area contributed by atoms with Crippen LogP contribution < -0.4 is 11.2 Å². The van der Waals surface area contributed by atoms with E-state index in [0.717, 1.165) is 28.5 Å². The molecule has 0 saturated heterocycles. The van der Waals surface area contributed by atoms with Gasteiger partial charge in [-0.25, -0.2) is 14.8 Å². The number of aryl methyl sites for hydroxylation is 1. The Hall–Kier alpha value is -2.76. The average molecular weight is 426 g/mol. The van der Waals surface area contributed by atoms with E-state index in [1.165, 1.54) is 18.7 Å². The number of alkyl halides is 3. The largest absolute Gasteiger partial charge is 0.435 e. The van der Waals surface area contributed by atoms with Crippen molar-refractivity contribution in [2.45, 2.75) is 42.4 Å². The summed E-state index contributed by atoms with van der Waals surface area (Å²) in [6.07, 6.45) is -4.61. The summed E-state index contributed by atoms with van der Waals surface area (Å²) < 4.78 is 40.3. The summed E-state index contributed by atoms with van der Waals surface area (Å²) in [6.45, 7) is 5.58. The number of aromatic nitrogens is 6. The van der Waals surface area contributed by atoms with Crippen LogP contribution in [-0.2, 0) is 25.7 Å². The first-order valence-corrected chi connectivity index (χ1v) is 9.19. The molecule has 3 aromatic rings. The molecule has 0 atom stereocenters. The van der Waals surface area contributed by atoms with Crippen LogP contribution in [0.15, 0.2) is 31.8 Å². The minimum absolute atomic E-state index is 0.0781. The molecule has 3 rings (SSSR count). The van der Waals surface area contributed by atoms with Crippen LogP contribution in [0.2, 0.25) is 0 Å². The molecule has 0 saturated carbocycles. The van der Waals surface area contributed by atoms with Gasteiger partial charge in [0.15, 0.2) is 11.3 Å². The molecule has 0 unspecified atom stereocenters. The average Bonchev–Trinajstić information content (AvgIpc) is 2.63. The summed E-state index contributed by atoms with van der Waals surface area (Å²) in [6, 6.07) is 1.95. The van der Waals surface area contributed by atoms with Crippen LogP contribution in [0.5, 0.6) is 0 Å². The van der Waals surface area contributed by atoms with Crippen molar-refractivity contribution in [1.82, 2.24) is 29.3 Å². The van der Waals surface area contributed by atoms with Gasteiger partial charge in [0.05, 0.1) is 0 Å². The minimum Gasteiger partial charge on any atom is -0.280 e. The Morgan fingerprint density at radius 2 is 1.62 bits per heavy atom. The third-order valence-corrected chi connectivity index (χ3v) is 4.98. The van der Waals surface area contributed by atoms with Gasteiger partial charge in [-0.05, 0) is 23.9 Å². The second-order valence-corrected chi connectivity index (χ2v) is 8.37. The SMILES string of the molecule is Cn1c(=O)c2c(Sc3ccc(C(F)(F)F)nn3)nc(C(C)(C)C)nc2n(C)c1=O. The monoisotopic (exact) mass is 426 g/mol. The van der Waals surface area contributed by atoms with Gasteiger partial charge in [-0.1, -0.05) is 20.8 Å². The molecule has 8 nitrogen and oxygen atoms in total. The molecular formula is C17H17F3N6O2S. The van der Waals surface area contributed by atoms with E-state index in [0.29, 0.717) is 5.82 Å². The van der Waals surface area contributed by atoms with E-state index in [-0.39, 0.29) is 21.1 Å². The van der Waals surface area contributed by atoms with Gasteiger partial charge in [-0.3, -0.25) is 13.9 Å². The van der Waals surface area contributed by atoms with Gasteiger partial charge in [0.1, 0.15) is 21.3 Å². The van der Waals surface area contributed by atoms with Gasteiger partial charge in [0, 0.05) is 19.5 Å². The maximum absolute atomic E-state index is 12.7. The summed E-state index contributed by atoms with van der Waals surface area (Å²) >= 11 is 0.883. The van der Waals surface area contributed by atoms with Gasteiger partial charge in [-0.2, -0.15) is 13.2 Å². The lowest BCUT2D eigenvalue weighted by molar-refractivity contribution is -0.141. The third kappa shape index (κ3) is 3.88. The van der Waals surface area contributed by atoms with E-state index < -0.39 is 28.5 Å². The van der Waals surface area contributed by atoms with Gasteiger partial charge in [-0.15, -0.1) is 10.2 Å². The molecule has 0 bridgehead atoms. The first-order valence-electron chi connectivity index (χ1n) is 8.37. The van der Waals surface area contributed by atoms with E-state index in [1.54, 1.807) is 0 Å².